The molecule has 0 spiro atoms. The topological polar surface area (TPSA) is 48.4 Å². The van der Waals surface area contributed by atoms with Crippen molar-refractivity contribution in [2.45, 2.75) is 13.5 Å². The fourth-order valence-electron chi connectivity index (χ4n) is 1.58. The van der Waals surface area contributed by atoms with E-state index in [1.807, 2.05) is 0 Å². The molecule has 4 nitrogen and oxygen atoms in total. The van der Waals surface area contributed by atoms with Crippen molar-refractivity contribution in [1.82, 2.24) is 4.98 Å². The van der Waals surface area contributed by atoms with Gasteiger partial charge in [0.2, 0.25) is 0 Å². The number of carbonyl (C=O) groups is 1. The molecule has 2 rings (SSSR count). The van der Waals surface area contributed by atoms with Gasteiger partial charge in [0.25, 0.3) is 0 Å². The number of carbonyl (C=O) groups excluding carboxylic acids is 1. The Bertz CT molecular complexity index is 584. The Hall–Kier alpha value is -2.43. The maximum atomic E-state index is 13.3. The van der Waals surface area contributed by atoms with Crippen LogP contribution in [0.4, 0.5) is 4.39 Å². The molecule has 1 aromatic heterocycles. The predicted octanol–water partition coefficient (Wildman–Crippen LogP) is 2.98. The van der Waals surface area contributed by atoms with Crippen molar-refractivity contribution in [3.8, 4) is 5.75 Å². The van der Waals surface area contributed by atoms with Gasteiger partial charge in [0.05, 0.1) is 12.2 Å². The van der Waals surface area contributed by atoms with Gasteiger partial charge in [-0.3, -0.25) is 4.98 Å². The molecule has 0 aliphatic rings. The second kappa shape index (κ2) is 6.65. The molecule has 5 heteroatoms. The van der Waals surface area contributed by atoms with Crippen LogP contribution in [0.3, 0.4) is 0 Å². The van der Waals surface area contributed by atoms with E-state index in [9.17, 15) is 9.18 Å². The number of esters is 1. The number of aromatic nitrogens is 1. The van der Waals surface area contributed by atoms with Crippen LogP contribution in [-0.4, -0.2) is 17.6 Å². The highest BCUT2D eigenvalue weighted by Crippen LogP contribution is 2.15. The van der Waals surface area contributed by atoms with Crippen LogP contribution in [-0.2, 0) is 11.3 Å². The number of hydrogen-bond donors (Lipinski definition) is 0. The zero-order valence-corrected chi connectivity index (χ0v) is 11.0. The lowest BCUT2D eigenvalue weighted by Gasteiger charge is -2.07. The fraction of sp³-hybridized carbons (Fsp3) is 0.200. The molecule has 0 aliphatic carbocycles. The lowest BCUT2D eigenvalue weighted by Crippen LogP contribution is -2.05. The van der Waals surface area contributed by atoms with Crippen LogP contribution in [0.15, 0.2) is 42.6 Å². The van der Waals surface area contributed by atoms with Gasteiger partial charge in [-0.2, -0.15) is 0 Å². The first-order valence-electron chi connectivity index (χ1n) is 6.20. The Morgan fingerprint density at radius 2 is 2.00 bits per heavy atom. The first kappa shape index (κ1) is 14.0. The minimum Gasteiger partial charge on any atom is -0.487 e. The molecule has 0 saturated carbocycles. The minimum absolute atomic E-state index is 0.0332. The van der Waals surface area contributed by atoms with Crippen LogP contribution in [0.2, 0.25) is 0 Å². The number of pyridine rings is 1. The highest BCUT2D eigenvalue weighted by atomic mass is 19.1. The van der Waals surface area contributed by atoms with E-state index in [4.69, 9.17) is 9.47 Å². The summed E-state index contributed by atoms with van der Waals surface area (Å²) in [5.74, 6) is -0.256. The number of nitrogens with zero attached hydrogens (tertiary/aromatic N) is 1. The van der Waals surface area contributed by atoms with Crippen LogP contribution in [0, 0.1) is 5.82 Å². The van der Waals surface area contributed by atoms with Crippen LogP contribution in [0.25, 0.3) is 0 Å². The lowest BCUT2D eigenvalue weighted by molar-refractivity contribution is 0.0526. The molecule has 0 fully saturated rings. The van der Waals surface area contributed by atoms with Gasteiger partial charge in [-0.25, -0.2) is 9.18 Å². The Kier molecular flexibility index (Phi) is 4.65. The number of hydrogen-bond acceptors (Lipinski definition) is 4. The summed E-state index contributed by atoms with van der Waals surface area (Å²) in [6.45, 7) is 2.11. The highest BCUT2D eigenvalue weighted by Gasteiger charge is 2.07. The van der Waals surface area contributed by atoms with E-state index < -0.39 is 5.82 Å². The van der Waals surface area contributed by atoms with E-state index in [0.29, 0.717) is 17.9 Å². The van der Waals surface area contributed by atoms with Gasteiger partial charge >= 0.3 is 5.97 Å². The fourth-order valence-corrected chi connectivity index (χ4v) is 1.58. The van der Waals surface area contributed by atoms with E-state index in [1.54, 1.807) is 31.2 Å². The van der Waals surface area contributed by atoms with Crippen LogP contribution >= 0.6 is 0 Å². The lowest BCUT2D eigenvalue weighted by atomic mass is 10.2. The SMILES string of the molecule is CCOC(=O)c1ccc(OCc2ncccc2F)cc1. The average molecular weight is 275 g/mol. The molecule has 1 aromatic carbocycles. The van der Waals surface area contributed by atoms with Gasteiger partial charge in [0.1, 0.15) is 23.9 Å². The van der Waals surface area contributed by atoms with Gasteiger partial charge in [0.15, 0.2) is 0 Å². The Labute approximate surface area is 116 Å². The second-order valence-electron chi connectivity index (χ2n) is 3.97. The molecule has 20 heavy (non-hydrogen) atoms. The number of ether oxygens (including phenoxy) is 2. The van der Waals surface area contributed by atoms with E-state index in [0.717, 1.165) is 0 Å². The molecule has 1 heterocycles. The largest absolute Gasteiger partial charge is 0.487 e. The van der Waals surface area contributed by atoms with Crippen molar-refractivity contribution in [3.05, 3.63) is 59.7 Å². The molecule has 0 N–H and O–H groups in total. The second-order valence-corrected chi connectivity index (χ2v) is 3.97. The third kappa shape index (κ3) is 3.54. The van der Waals surface area contributed by atoms with E-state index in [1.165, 1.54) is 18.3 Å². The molecule has 0 bridgehead atoms. The number of benzene rings is 1. The van der Waals surface area contributed by atoms with Gasteiger partial charge in [0, 0.05) is 6.20 Å². The molecule has 0 aliphatic heterocycles. The number of rotatable bonds is 5. The van der Waals surface area contributed by atoms with Crippen molar-refractivity contribution < 1.29 is 18.7 Å². The molecule has 104 valence electrons. The van der Waals surface area contributed by atoms with Crippen molar-refractivity contribution in [2.75, 3.05) is 6.61 Å². The van der Waals surface area contributed by atoms with Crippen molar-refractivity contribution >= 4 is 5.97 Å². The third-order valence-corrected chi connectivity index (χ3v) is 2.58. The highest BCUT2D eigenvalue weighted by molar-refractivity contribution is 5.89. The van der Waals surface area contributed by atoms with E-state index >= 15 is 0 Å². The van der Waals surface area contributed by atoms with Crippen molar-refractivity contribution in [1.29, 1.82) is 0 Å². The van der Waals surface area contributed by atoms with Crippen LogP contribution in [0.5, 0.6) is 5.75 Å². The van der Waals surface area contributed by atoms with Crippen LogP contribution < -0.4 is 4.74 Å². The average Bonchev–Trinajstić information content (AvgIpc) is 2.47. The molecular weight excluding hydrogens is 261 g/mol. The normalized spacial score (nSPS) is 10.1. The summed E-state index contributed by atoms with van der Waals surface area (Å²) in [5.41, 5.74) is 0.685. The Morgan fingerprint density at radius 1 is 1.25 bits per heavy atom. The maximum absolute atomic E-state index is 13.3. The standard InChI is InChI=1S/C15H14FNO3/c1-2-19-15(18)11-5-7-12(8-6-11)20-10-14-13(16)4-3-9-17-14/h3-9H,2,10H2,1H3. The maximum Gasteiger partial charge on any atom is 0.338 e. The Morgan fingerprint density at radius 3 is 2.65 bits per heavy atom. The van der Waals surface area contributed by atoms with Crippen molar-refractivity contribution in [2.24, 2.45) is 0 Å². The van der Waals surface area contributed by atoms with Gasteiger partial charge in [-0.15, -0.1) is 0 Å². The van der Waals surface area contributed by atoms with Gasteiger partial charge in [-0.05, 0) is 43.3 Å². The Balaban J connectivity index is 1.98. The number of halogens is 1. The predicted molar refractivity (Wildman–Crippen MR) is 70.9 cm³/mol. The van der Waals surface area contributed by atoms with E-state index in [-0.39, 0.29) is 18.3 Å². The minimum atomic E-state index is -0.407. The van der Waals surface area contributed by atoms with E-state index in [2.05, 4.69) is 4.98 Å². The molecule has 0 saturated heterocycles. The third-order valence-electron chi connectivity index (χ3n) is 2.58. The smallest absolute Gasteiger partial charge is 0.338 e. The first-order chi connectivity index (χ1) is 9.70. The quantitative estimate of drug-likeness (QED) is 0.787. The summed E-state index contributed by atoms with van der Waals surface area (Å²) in [6, 6.07) is 9.31. The summed E-state index contributed by atoms with van der Waals surface area (Å²) >= 11 is 0. The molecule has 0 amide bonds. The summed E-state index contributed by atoms with van der Waals surface area (Å²) in [6.07, 6.45) is 1.51. The molecule has 2 aromatic rings. The first-order valence-corrected chi connectivity index (χ1v) is 6.20. The molecule has 0 atom stereocenters. The molecule has 0 unspecified atom stereocenters. The monoisotopic (exact) mass is 275 g/mol. The van der Waals surface area contributed by atoms with Gasteiger partial charge in [-0.1, -0.05) is 0 Å². The van der Waals surface area contributed by atoms with Crippen LogP contribution in [0.1, 0.15) is 23.0 Å². The molecule has 0 radical (unpaired) electrons. The van der Waals surface area contributed by atoms with Gasteiger partial charge < -0.3 is 9.47 Å². The van der Waals surface area contributed by atoms with Crippen molar-refractivity contribution in [3.63, 3.8) is 0 Å². The summed E-state index contributed by atoms with van der Waals surface area (Å²) in [4.78, 5) is 15.3. The summed E-state index contributed by atoms with van der Waals surface area (Å²) < 4.78 is 23.6. The molecular formula is C15H14FNO3. The zero-order valence-electron chi connectivity index (χ0n) is 11.0. The summed E-state index contributed by atoms with van der Waals surface area (Å²) in [5, 5.41) is 0. The summed E-state index contributed by atoms with van der Waals surface area (Å²) in [7, 11) is 0. The zero-order chi connectivity index (χ0) is 14.4.